The fourth-order valence-corrected chi connectivity index (χ4v) is 4.14. The molecule has 2 aromatic carbocycles. The number of carbonyl (C=O) groups is 1. The second-order valence-corrected chi connectivity index (χ2v) is 8.96. The van der Waals surface area contributed by atoms with Gasteiger partial charge in [0.1, 0.15) is 0 Å². The van der Waals surface area contributed by atoms with E-state index in [1.165, 1.54) is 4.31 Å². The lowest BCUT2D eigenvalue weighted by Crippen LogP contribution is -2.30. The van der Waals surface area contributed by atoms with Gasteiger partial charge in [-0.05, 0) is 35.2 Å². The molecule has 0 radical (unpaired) electrons. The van der Waals surface area contributed by atoms with Crippen LogP contribution in [0.5, 0.6) is 0 Å². The van der Waals surface area contributed by atoms with E-state index in [4.69, 9.17) is 9.84 Å². The highest BCUT2D eigenvalue weighted by molar-refractivity contribution is 7.89. The molecule has 0 amide bonds. The van der Waals surface area contributed by atoms with Gasteiger partial charge in [-0.25, -0.2) is 8.42 Å². The second kappa shape index (κ2) is 7.80. The van der Waals surface area contributed by atoms with Gasteiger partial charge in [0.05, 0.1) is 23.5 Å². The van der Waals surface area contributed by atoms with E-state index in [-0.39, 0.29) is 11.0 Å². The summed E-state index contributed by atoms with van der Waals surface area (Å²) in [6.07, 6.45) is 0.409. The van der Waals surface area contributed by atoms with Crippen LogP contribution in [0.1, 0.15) is 12.5 Å². The van der Waals surface area contributed by atoms with E-state index in [1.54, 1.807) is 32.2 Å². The lowest BCUT2D eigenvalue weighted by molar-refractivity contribution is -0.141. The summed E-state index contributed by atoms with van der Waals surface area (Å²) >= 11 is 0. The molecule has 1 unspecified atom stereocenters. The molecule has 3 rings (SSSR count). The van der Waals surface area contributed by atoms with Crippen molar-refractivity contribution < 1.29 is 23.1 Å². The van der Waals surface area contributed by atoms with Crippen molar-refractivity contribution in [3.63, 3.8) is 0 Å². The van der Waals surface area contributed by atoms with Crippen LogP contribution in [0, 0.1) is 5.92 Å². The van der Waals surface area contributed by atoms with Crippen LogP contribution in [0.2, 0.25) is 0 Å². The molecule has 0 aromatic heterocycles. The zero-order valence-corrected chi connectivity index (χ0v) is 16.1. The third kappa shape index (κ3) is 4.74. The van der Waals surface area contributed by atoms with Gasteiger partial charge < -0.3 is 9.84 Å². The van der Waals surface area contributed by atoms with Gasteiger partial charge in [0.25, 0.3) is 0 Å². The average molecular weight is 389 g/mol. The number of nitrogens with zero attached hydrogens (tertiary/aromatic N) is 1. The van der Waals surface area contributed by atoms with E-state index < -0.39 is 21.9 Å². The summed E-state index contributed by atoms with van der Waals surface area (Å²) in [5.74, 6) is -1.32. The number of epoxide rings is 1. The standard InChI is InChI=1S/C20H23NO5S/c1-14(20(22)23)9-15-5-3-6-16(10-15)17-7-4-8-19(11-17)27(24,25)21(2)12-18-13-26-18/h3-8,10-11,14,18H,9,12-13H2,1-2H3,(H,22,23)/t14-,18?/m0/s1. The second-order valence-electron chi connectivity index (χ2n) is 6.91. The normalized spacial score (nSPS) is 17.7. The third-order valence-corrected chi connectivity index (χ3v) is 6.45. The molecule has 1 aliphatic heterocycles. The summed E-state index contributed by atoms with van der Waals surface area (Å²) < 4.78 is 32.0. The van der Waals surface area contributed by atoms with Crippen molar-refractivity contribution in [3.05, 3.63) is 54.1 Å². The van der Waals surface area contributed by atoms with Crippen LogP contribution in [0.15, 0.2) is 53.4 Å². The molecule has 1 N–H and O–H groups in total. The number of benzene rings is 2. The lowest BCUT2D eigenvalue weighted by atomic mass is 9.97. The van der Waals surface area contributed by atoms with Crippen molar-refractivity contribution in [2.24, 2.45) is 5.92 Å². The van der Waals surface area contributed by atoms with Gasteiger partial charge in [-0.2, -0.15) is 4.31 Å². The molecule has 1 fully saturated rings. The van der Waals surface area contributed by atoms with Crippen LogP contribution in [-0.2, 0) is 26.0 Å². The van der Waals surface area contributed by atoms with Gasteiger partial charge in [-0.3, -0.25) is 4.79 Å². The minimum Gasteiger partial charge on any atom is -0.481 e. The summed E-state index contributed by atoms with van der Waals surface area (Å²) in [4.78, 5) is 11.3. The third-order valence-electron chi connectivity index (χ3n) is 4.63. The van der Waals surface area contributed by atoms with Gasteiger partial charge in [0, 0.05) is 13.6 Å². The first-order valence-corrected chi connectivity index (χ1v) is 10.2. The smallest absolute Gasteiger partial charge is 0.306 e. The van der Waals surface area contributed by atoms with Crippen molar-refractivity contribution in [3.8, 4) is 11.1 Å². The largest absolute Gasteiger partial charge is 0.481 e. The van der Waals surface area contributed by atoms with E-state index >= 15 is 0 Å². The number of sulfonamides is 1. The Hall–Kier alpha value is -2.22. The highest BCUT2D eigenvalue weighted by Gasteiger charge is 2.30. The molecule has 6 nitrogen and oxygen atoms in total. The monoisotopic (exact) mass is 389 g/mol. The summed E-state index contributed by atoms with van der Waals surface area (Å²) in [5, 5.41) is 9.09. The Labute approximate surface area is 159 Å². The molecule has 0 bridgehead atoms. The van der Waals surface area contributed by atoms with Gasteiger partial charge in [0.15, 0.2) is 0 Å². The summed E-state index contributed by atoms with van der Waals surface area (Å²) in [5.41, 5.74) is 2.53. The van der Waals surface area contributed by atoms with Gasteiger partial charge in [0.2, 0.25) is 10.0 Å². The number of ether oxygens (including phenoxy) is 1. The van der Waals surface area contributed by atoms with Crippen molar-refractivity contribution in [1.29, 1.82) is 0 Å². The van der Waals surface area contributed by atoms with E-state index in [0.717, 1.165) is 16.7 Å². The van der Waals surface area contributed by atoms with Crippen molar-refractivity contribution in [2.75, 3.05) is 20.2 Å². The predicted molar refractivity (Wildman–Crippen MR) is 102 cm³/mol. The van der Waals surface area contributed by atoms with Crippen LogP contribution >= 0.6 is 0 Å². The molecule has 1 aliphatic rings. The highest BCUT2D eigenvalue weighted by Crippen LogP contribution is 2.26. The molecule has 1 heterocycles. The lowest BCUT2D eigenvalue weighted by Gasteiger charge is -2.16. The Kier molecular flexibility index (Phi) is 5.64. The maximum atomic E-state index is 12.8. The number of rotatable bonds is 8. The molecule has 7 heteroatoms. The SMILES string of the molecule is C[C@@H](Cc1cccc(-c2cccc(S(=O)(=O)N(C)CC3CO3)c2)c1)C(=O)O. The number of hydrogen-bond acceptors (Lipinski definition) is 4. The number of aliphatic carboxylic acids is 1. The fraction of sp³-hybridized carbons (Fsp3) is 0.350. The Morgan fingerprint density at radius 3 is 2.48 bits per heavy atom. The number of hydrogen-bond donors (Lipinski definition) is 1. The zero-order valence-electron chi connectivity index (χ0n) is 15.3. The first-order chi connectivity index (χ1) is 12.8. The minimum atomic E-state index is -3.59. The number of carboxylic acids is 1. The zero-order chi connectivity index (χ0) is 19.6. The topological polar surface area (TPSA) is 87.2 Å². The molecular formula is C20H23NO5S. The Morgan fingerprint density at radius 1 is 1.22 bits per heavy atom. The van der Waals surface area contributed by atoms with Crippen LogP contribution < -0.4 is 0 Å². The minimum absolute atomic E-state index is 0.0131. The molecule has 144 valence electrons. The number of carboxylic acid groups (broad SMARTS) is 1. The van der Waals surface area contributed by atoms with Crippen LogP contribution in [0.3, 0.4) is 0 Å². The maximum Gasteiger partial charge on any atom is 0.306 e. The Bertz CT molecular complexity index is 937. The summed E-state index contributed by atoms with van der Waals surface area (Å²) in [6, 6.07) is 14.3. The van der Waals surface area contributed by atoms with Crippen molar-refractivity contribution >= 4 is 16.0 Å². The molecule has 1 saturated heterocycles. The molecule has 2 aromatic rings. The highest BCUT2D eigenvalue weighted by atomic mass is 32.2. The van der Waals surface area contributed by atoms with E-state index in [9.17, 15) is 13.2 Å². The van der Waals surface area contributed by atoms with E-state index in [0.29, 0.717) is 19.6 Å². The van der Waals surface area contributed by atoms with Gasteiger partial charge >= 0.3 is 5.97 Å². The molecular weight excluding hydrogens is 366 g/mol. The van der Waals surface area contributed by atoms with Crippen molar-refractivity contribution in [1.82, 2.24) is 4.31 Å². The fourth-order valence-electron chi connectivity index (χ4n) is 2.89. The Morgan fingerprint density at radius 2 is 1.85 bits per heavy atom. The molecule has 27 heavy (non-hydrogen) atoms. The van der Waals surface area contributed by atoms with E-state index in [1.807, 2.05) is 30.3 Å². The van der Waals surface area contributed by atoms with Crippen LogP contribution in [0.25, 0.3) is 11.1 Å². The average Bonchev–Trinajstić information content (AvgIpc) is 3.46. The van der Waals surface area contributed by atoms with Gasteiger partial charge in [-0.15, -0.1) is 0 Å². The number of likely N-dealkylation sites (N-methyl/N-ethyl adjacent to an activating group) is 1. The quantitative estimate of drug-likeness (QED) is 0.702. The maximum absolute atomic E-state index is 12.8. The molecule has 2 atom stereocenters. The van der Waals surface area contributed by atoms with Crippen LogP contribution in [0.4, 0.5) is 0 Å². The Balaban J connectivity index is 1.86. The first kappa shape index (κ1) is 19.5. The van der Waals surface area contributed by atoms with Crippen LogP contribution in [-0.4, -0.2) is 50.1 Å². The predicted octanol–water partition coefficient (Wildman–Crippen LogP) is 2.64. The molecule has 0 saturated carbocycles. The molecule has 0 spiro atoms. The van der Waals surface area contributed by atoms with E-state index in [2.05, 4.69) is 0 Å². The van der Waals surface area contributed by atoms with Crippen molar-refractivity contribution in [2.45, 2.75) is 24.3 Å². The van der Waals surface area contributed by atoms with Gasteiger partial charge in [-0.1, -0.05) is 43.3 Å². The summed E-state index contributed by atoms with van der Waals surface area (Å²) in [6.45, 7) is 2.61. The molecule has 0 aliphatic carbocycles. The summed E-state index contributed by atoms with van der Waals surface area (Å²) in [7, 11) is -2.04. The first-order valence-electron chi connectivity index (χ1n) is 8.77.